The monoisotopic (exact) mass is 368 g/mol. The van der Waals surface area contributed by atoms with E-state index in [9.17, 15) is 9.59 Å². The number of rotatable bonds is 6. The van der Waals surface area contributed by atoms with Gasteiger partial charge >= 0.3 is 5.97 Å². The lowest BCUT2D eigenvalue weighted by molar-refractivity contribution is -0.138. The third kappa shape index (κ3) is 4.96. The summed E-state index contributed by atoms with van der Waals surface area (Å²) in [6, 6.07) is 0. The van der Waals surface area contributed by atoms with Crippen LogP contribution in [0.25, 0.3) is 0 Å². The van der Waals surface area contributed by atoms with Crippen molar-refractivity contribution in [2.24, 2.45) is 0 Å². The van der Waals surface area contributed by atoms with Crippen molar-refractivity contribution in [3.8, 4) is 0 Å². The second kappa shape index (κ2) is 8.68. The number of likely N-dealkylation sites (tertiary alicyclic amines) is 1. The first kappa shape index (κ1) is 18.2. The molecule has 2 aliphatic rings. The largest absolute Gasteiger partial charge is 0.481 e. The highest BCUT2D eigenvalue weighted by atomic mass is 32.1. The average molecular weight is 368 g/mol. The lowest BCUT2D eigenvalue weighted by Crippen LogP contribution is -2.41. The van der Waals surface area contributed by atoms with Crippen LogP contribution >= 0.6 is 11.3 Å². The summed E-state index contributed by atoms with van der Waals surface area (Å²) < 4.78 is 5.56. The number of carboxylic acid groups (broad SMARTS) is 1. The Hall–Kier alpha value is -1.58. The summed E-state index contributed by atoms with van der Waals surface area (Å²) in [4.78, 5) is 24.9. The van der Waals surface area contributed by atoms with Gasteiger partial charge in [-0.05, 0) is 38.8 Å². The highest BCUT2D eigenvalue weighted by Crippen LogP contribution is 2.28. The van der Waals surface area contributed by atoms with E-state index < -0.39 is 5.97 Å². The molecule has 1 aromatic heterocycles. The molecule has 138 valence electrons. The fourth-order valence-electron chi connectivity index (χ4n) is 3.23. The van der Waals surface area contributed by atoms with Gasteiger partial charge in [0.2, 0.25) is 5.01 Å². The van der Waals surface area contributed by atoms with Gasteiger partial charge in [0, 0.05) is 19.0 Å². The third-order valence-electron chi connectivity index (χ3n) is 4.71. The van der Waals surface area contributed by atoms with Gasteiger partial charge in [-0.15, -0.1) is 10.2 Å². The first-order valence-electron chi connectivity index (χ1n) is 8.80. The van der Waals surface area contributed by atoms with Crippen molar-refractivity contribution in [3.63, 3.8) is 0 Å². The number of nitrogens with one attached hydrogen (secondary N) is 1. The van der Waals surface area contributed by atoms with Crippen LogP contribution in [0.5, 0.6) is 0 Å². The Balaban J connectivity index is 1.47. The number of aliphatic carboxylic acids is 1. The van der Waals surface area contributed by atoms with Crippen LogP contribution in [0.2, 0.25) is 0 Å². The third-order valence-corrected chi connectivity index (χ3v) is 5.78. The van der Waals surface area contributed by atoms with Crippen LogP contribution in [0.3, 0.4) is 0 Å². The summed E-state index contributed by atoms with van der Waals surface area (Å²) in [5.74, 6) is -0.497. The Morgan fingerprint density at radius 2 is 1.92 bits per heavy atom. The number of piperidine rings is 2. The molecule has 1 aromatic rings. The smallest absolute Gasteiger partial charge is 0.305 e. The Morgan fingerprint density at radius 1 is 1.20 bits per heavy atom. The summed E-state index contributed by atoms with van der Waals surface area (Å²) in [5.41, 5.74) is 0. The fraction of sp³-hybridized carbons (Fsp3) is 0.750. The van der Waals surface area contributed by atoms with Crippen LogP contribution in [-0.4, -0.2) is 71.0 Å². The average Bonchev–Trinajstić information content (AvgIpc) is 3.12. The van der Waals surface area contributed by atoms with Gasteiger partial charge < -0.3 is 20.1 Å². The van der Waals surface area contributed by atoms with E-state index in [1.807, 2.05) is 0 Å². The number of hydrogen-bond donors (Lipinski definition) is 2. The normalized spacial score (nSPS) is 19.9. The second-order valence-corrected chi connectivity index (χ2v) is 7.48. The Labute approximate surface area is 150 Å². The number of ether oxygens (including phenoxy) is 1. The Morgan fingerprint density at radius 3 is 2.60 bits per heavy atom. The lowest BCUT2D eigenvalue weighted by Gasteiger charge is -2.31. The molecule has 2 saturated heterocycles. The highest BCUT2D eigenvalue weighted by molar-refractivity contribution is 7.13. The molecule has 3 rings (SSSR count). The van der Waals surface area contributed by atoms with Gasteiger partial charge in [0.15, 0.2) is 0 Å². The Kier molecular flexibility index (Phi) is 6.33. The van der Waals surface area contributed by atoms with Crippen molar-refractivity contribution < 1.29 is 19.4 Å². The molecule has 2 N–H and O–H groups in total. The van der Waals surface area contributed by atoms with Crippen molar-refractivity contribution in [3.05, 3.63) is 10.0 Å². The van der Waals surface area contributed by atoms with Crippen molar-refractivity contribution in [2.45, 2.75) is 44.1 Å². The van der Waals surface area contributed by atoms with E-state index in [-0.39, 0.29) is 25.0 Å². The minimum atomic E-state index is -0.853. The van der Waals surface area contributed by atoms with E-state index in [1.54, 1.807) is 4.90 Å². The summed E-state index contributed by atoms with van der Waals surface area (Å²) in [5, 5.41) is 21.8. The maximum Gasteiger partial charge on any atom is 0.305 e. The topological polar surface area (TPSA) is 105 Å². The number of carbonyl (C=O) groups excluding carboxylic acids is 1. The van der Waals surface area contributed by atoms with Gasteiger partial charge in [0.05, 0.1) is 19.1 Å². The SMILES string of the molecule is O=C(O)CCOC1CCN(C(=O)c2nnc(C3CCNCC3)s2)CC1. The van der Waals surface area contributed by atoms with E-state index in [4.69, 9.17) is 9.84 Å². The molecule has 25 heavy (non-hydrogen) atoms. The van der Waals surface area contributed by atoms with Gasteiger partial charge in [-0.2, -0.15) is 0 Å². The minimum Gasteiger partial charge on any atom is -0.481 e. The van der Waals surface area contributed by atoms with Crippen molar-refractivity contribution >= 4 is 23.2 Å². The molecule has 0 aromatic carbocycles. The molecule has 0 aliphatic carbocycles. The molecule has 0 bridgehead atoms. The van der Waals surface area contributed by atoms with E-state index >= 15 is 0 Å². The summed E-state index contributed by atoms with van der Waals surface area (Å²) in [6.07, 6.45) is 3.59. The fourth-order valence-corrected chi connectivity index (χ4v) is 4.21. The van der Waals surface area contributed by atoms with Crippen LogP contribution in [0.15, 0.2) is 0 Å². The van der Waals surface area contributed by atoms with Gasteiger partial charge in [-0.3, -0.25) is 9.59 Å². The predicted octanol–water partition coefficient (Wildman–Crippen LogP) is 1.10. The molecule has 0 radical (unpaired) electrons. The van der Waals surface area contributed by atoms with Crippen LogP contribution in [0.1, 0.15) is 52.8 Å². The van der Waals surface area contributed by atoms with Gasteiger partial charge in [0.1, 0.15) is 5.01 Å². The van der Waals surface area contributed by atoms with E-state index in [1.165, 1.54) is 11.3 Å². The molecular formula is C16H24N4O4S. The van der Waals surface area contributed by atoms with Crippen LogP contribution < -0.4 is 5.32 Å². The van der Waals surface area contributed by atoms with Crippen molar-refractivity contribution in [1.29, 1.82) is 0 Å². The number of nitrogens with zero attached hydrogens (tertiary/aromatic N) is 3. The highest BCUT2D eigenvalue weighted by Gasteiger charge is 2.28. The molecule has 0 saturated carbocycles. The zero-order valence-corrected chi connectivity index (χ0v) is 15.0. The first-order chi connectivity index (χ1) is 12.1. The molecular weight excluding hydrogens is 344 g/mol. The predicted molar refractivity (Wildman–Crippen MR) is 91.9 cm³/mol. The quantitative estimate of drug-likeness (QED) is 0.775. The van der Waals surface area contributed by atoms with Crippen molar-refractivity contribution in [2.75, 3.05) is 32.8 Å². The lowest BCUT2D eigenvalue weighted by atomic mass is 9.99. The number of amides is 1. The molecule has 0 spiro atoms. The maximum absolute atomic E-state index is 12.6. The maximum atomic E-state index is 12.6. The standard InChI is InChI=1S/C16H24N4O4S/c21-13(22)5-10-24-12-3-8-20(9-4-12)16(23)15-19-18-14(25-15)11-1-6-17-7-2-11/h11-12,17H,1-10H2,(H,21,22). The Bertz CT molecular complexity index is 595. The number of carbonyl (C=O) groups is 2. The molecule has 2 aliphatic heterocycles. The zero-order chi connectivity index (χ0) is 17.6. The van der Waals surface area contributed by atoms with E-state index in [0.717, 1.165) is 43.8 Å². The number of carboxylic acids is 1. The van der Waals surface area contributed by atoms with Crippen molar-refractivity contribution in [1.82, 2.24) is 20.4 Å². The molecule has 8 nitrogen and oxygen atoms in total. The number of aromatic nitrogens is 2. The summed E-state index contributed by atoms with van der Waals surface area (Å²) in [6.45, 7) is 3.42. The molecule has 0 atom stereocenters. The molecule has 1 amide bonds. The molecule has 3 heterocycles. The zero-order valence-electron chi connectivity index (χ0n) is 14.1. The first-order valence-corrected chi connectivity index (χ1v) is 9.62. The second-order valence-electron chi connectivity index (χ2n) is 6.48. The number of hydrogen-bond acceptors (Lipinski definition) is 7. The van der Waals surface area contributed by atoms with Crippen LogP contribution in [0.4, 0.5) is 0 Å². The molecule has 9 heteroatoms. The summed E-state index contributed by atoms with van der Waals surface area (Å²) >= 11 is 1.42. The van der Waals surface area contributed by atoms with Gasteiger partial charge in [0.25, 0.3) is 5.91 Å². The van der Waals surface area contributed by atoms with Gasteiger partial charge in [-0.25, -0.2) is 0 Å². The van der Waals surface area contributed by atoms with Crippen LogP contribution in [0, 0.1) is 0 Å². The van der Waals surface area contributed by atoms with Crippen LogP contribution in [-0.2, 0) is 9.53 Å². The molecule has 2 fully saturated rings. The van der Waals surface area contributed by atoms with E-state index in [0.29, 0.717) is 24.0 Å². The molecule has 0 unspecified atom stereocenters. The van der Waals surface area contributed by atoms with E-state index in [2.05, 4.69) is 15.5 Å². The summed E-state index contributed by atoms with van der Waals surface area (Å²) in [7, 11) is 0. The minimum absolute atomic E-state index is 0.0173. The van der Waals surface area contributed by atoms with Gasteiger partial charge in [-0.1, -0.05) is 11.3 Å².